The molecule has 1 fully saturated rings. The maximum absolute atomic E-state index is 12.1. The normalized spacial score (nSPS) is 15.6. The Kier molecular flexibility index (Phi) is 7.82. The van der Waals surface area contributed by atoms with Crippen LogP contribution in [0.2, 0.25) is 0 Å². The van der Waals surface area contributed by atoms with Gasteiger partial charge in [0.2, 0.25) is 0 Å². The van der Waals surface area contributed by atoms with E-state index in [1.54, 1.807) is 30.4 Å². The summed E-state index contributed by atoms with van der Waals surface area (Å²) >= 11 is 0. The van der Waals surface area contributed by atoms with Crippen LogP contribution in [0.5, 0.6) is 0 Å². The highest BCUT2D eigenvalue weighted by molar-refractivity contribution is 5.83. The third-order valence-corrected chi connectivity index (χ3v) is 4.84. The molecule has 0 radical (unpaired) electrons. The van der Waals surface area contributed by atoms with Crippen LogP contribution in [0.4, 0.5) is 5.69 Å². The molecule has 2 aromatic rings. The highest BCUT2D eigenvalue weighted by Crippen LogP contribution is 2.18. The minimum absolute atomic E-state index is 0.0255. The molecule has 0 aliphatic carbocycles. The van der Waals surface area contributed by atoms with E-state index in [1.165, 1.54) is 17.8 Å². The summed E-state index contributed by atoms with van der Waals surface area (Å²) in [5.41, 5.74) is 4.30. The Bertz CT molecular complexity index is 906. The second kappa shape index (κ2) is 11.0. The van der Waals surface area contributed by atoms with E-state index in [0.29, 0.717) is 12.1 Å². The van der Waals surface area contributed by atoms with Crippen LogP contribution in [0.1, 0.15) is 11.1 Å². The van der Waals surface area contributed by atoms with Crippen molar-refractivity contribution in [2.24, 2.45) is 5.10 Å². The Morgan fingerprint density at radius 3 is 2.43 bits per heavy atom. The summed E-state index contributed by atoms with van der Waals surface area (Å²) < 4.78 is 0. The fourth-order valence-electron chi connectivity index (χ4n) is 3.28. The molecule has 1 aliphatic rings. The van der Waals surface area contributed by atoms with Gasteiger partial charge in [0.05, 0.1) is 17.0 Å². The molecule has 0 bridgehead atoms. The van der Waals surface area contributed by atoms with Crippen molar-refractivity contribution < 1.29 is 9.72 Å². The first kappa shape index (κ1) is 21.4. The minimum atomic E-state index is -0.432. The van der Waals surface area contributed by atoms with Crippen molar-refractivity contribution in [3.63, 3.8) is 0 Å². The van der Waals surface area contributed by atoms with Gasteiger partial charge in [-0.3, -0.25) is 24.7 Å². The number of nitro benzene ring substituents is 1. The molecular weight excluding hydrogens is 382 g/mol. The number of para-hydroxylation sites is 1. The molecular formula is C22H25N5O3. The van der Waals surface area contributed by atoms with Crippen molar-refractivity contribution in [1.82, 2.24) is 15.2 Å². The fourth-order valence-corrected chi connectivity index (χ4v) is 3.28. The van der Waals surface area contributed by atoms with Crippen LogP contribution in [-0.4, -0.2) is 59.6 Å². The molecule has 2 aromatic carbocycles. The average molecular weight is 407 g/mol. The number of nitro groups is 1. The van der Waals surface area contributed by atoms with E-state index in [-0.39, 0.29) is 11.6 Å². The second-order valence-corrected chi connectivity index (χ2v) is 7.03. The predicted molar refractivity (Wildman–Crippen MR) is 117 cm³/mol. The number of hydrazone groups is 1. The van der Waals surface area contributed by atoms with Gasteiger partial charge in [0.1, 0.15) is 0 Å². The number of amides is 1. The van der Waals surface area contributed by atoms with Gasteiger partial charge < -0.3 is 0 Å². The summed E-state index contributed by atoms with van der Waals surface area (Å²) in [6.07, 6.45) is 4.55. The number of hydrogen-bond acceptors (Lipinski definition) is 6. The number of allylic oxidation sites excluding steroid dienone is 1. The summed E-state index contributed by atoms with van der Waals surface area (Å²) in [5, 5.41) is 14.9. The van der Waals surface area contributed by atoms with Crippen LogP contribution >= 0.6 is 0 Å². The van der Waals surface area contributed by atoms with E-state index in [4.69, 9.17) is 0 Å². The van der Waals surface area contributed by atoms with E-state index in [2.05, 4.69) is 32.5 Å². The standard InChI is InChI=1S/C22H25N5O3/c28-22(24-23-12-6-10-20-9-4-5-11-21(20)27(29)30)18-26-15-13-25(14-16-26)17-19-7-2-1-3-8-19/h1-12H,13-18H2,(H,24,28)/b10-6+,23-12?. The lowest BCUT2D eigenvalue weighted by Gasteiger charge is -2.34. The third kappa shape index (κ3) is 6.61. The lowest BCUT2D eigenvalue weighted by molar-refractivity contribution is -0.385. The Balaban J connectivity index is 1.38. The van der Waals surface area contributed by atoms with E-state index in [0.717, 1.165) is 32.7 Å². The highest BCUT2D eigenvalue weighted by Gasteiger charge is 2.18. The molecule has 1 amide bonds. The first-order valence-electron chi connectivity index (χ1n) is 9.82. The summed E-state index contributed by atoms with van der Waals surface area (Å²) in [6.45, 7) is 4.73. The maximum atomic E-state index is 12.1. The summed E-state index contributed by atoms with van der Waals surface area (Å²) in [5.74, 6) is -0.179. The summed E-state index contributed by atoms with van der Waals surface area (Å²) in [4.78, 5) is 27.1. The summed E-state index contributed by atoms with van der Waals surface area (Å²) in [6, 6.07) is 16.8. The molecule has 156 valence electrons. The molecule has 0 atom stereocenters. The molecule has 1 N–H and O–H groups in total. The van der Waals surface area contributed by atoms with Crippen LogP contribution in [0.25, 0.3) is 6.08 Å². The van der Waals surface area contributed by atoms with Crippen LogP contribution < -0.4 is 5.43 Å². The first-order chi connectivity index (χ1) is 14.6. The molecule has 0 unspecified atom stereocenters. The van der Waals surface area contributed by atoms with E-state index in [9.17, 15) is 14.9 Å². The molecule has 3 rings (SSSR count). The van der Waals surface area contributed by atoms with Gasteiger partial charge in [0, 0.05) is 45.0 Å². The molecule has 8 nitrogen and oxygen atoms in total. The molecule has 8 heteroatoms. The van der Waals surface area contributed by atoms with Gasteiger partial charge in [-0.2, -0.15) is 5.10 Å². The SMILES string of the molecule is O=C(CN1CCN(Cc2ccccc2)CC1)NN=C/C=C/c1ccccc1[N+](=O)[O-]. The van der Waals surface area contributed by atoms with Crippen LogP contribution in [0.15, 0.2) is 65.8 Å². The third-order valence-electron chi connectivity index (χ3n) is 4.84. The molecule has 1 saturated heterocycles. The van der Waals surface area contributed by atoms with Crippen molar-refractivity contribution in [3.05, 3.63) is 81.9 Å². The van der Waals surface area contributed by atoms with E-state index in [1.807, 2.05) is 18.2 Å². The van der Waals surface area contributed by atoms with Gasteiger partial charge >= 0.3 is 0 Å². The number of benzene rings is 2. The zero-order valence-electron chi connectivity index (χ0n) is 16.7. The van der Waals surface area contributed by atoms with Gasteiger partial charge in [-0.15, -0.1) is 0 Å². The Hall–Kier alpha value is -3.36. The molecule has 0 spiro atoms. The minimum Gasteiger partial charge on any atom is -0.297 e. The zero-order valence-corrected chi connectivity index (χ0v) is 16.7. The number of nitrogens with zero attached hydrogens (tertiary/aromatic N) is 4. The van der Waals surface area contributed by atoms with Gasteiger partial charge in [0.25, 0.3) is 11.6 Å². The van der Waals surface area contributed by atoms with Gasteiger partial charge in [-0.1, -0.05) is 42.5 Å². The highest BCUT2D eigenvalue weighted by atomic mass is 16.6. The van der Waals surface area contributed by atoms with Crippen molar-refractivity contribution >= 4 is 23.9 Å². The van der Waals surface area contributed by atoms with Crippen LogP contribution in [0, 0.1) is 10.1 Å². The zero-order chi connectivity index (χ0) is 21.2. The fraction of sp³-hybridized carbons (Fsp3) is 0.273. The smallest absolute Gasteiger partial charge is 0.276 e. The first-order valence-corrected chi connectivity index (χ1v) is 9.82. The van der Waals surface area contributed by atoms with Crippen LogP contribution in [-0.2, 0) is 11.3 Å². The van der Waals surface area contributed by atoms with Gasteiger partial charge in [0.15, 0.2) is 0 Å². The number of carbonyl (C=O) groups is 1. The lowest BCUT2D eigenvalue weighted by atomic mass is 10.2. The van der Waals surface area contributed by atoms with Crippen molar-refractivity contribution in [3.8, 4) is 0 Å². The van der Waals surface area contributed by atoms with Gasteiger partial charge in [-0.05, 0) is 23.8 Å². The molecule has 30 heavy (non-hydrogen) atoms. The van der Waals surface area contributed by atoms with Crippen LogP contribution in [0.3, 0.4) is 0 Å². The number of hydrogen-bond donors (Lipinski definition) is 1. The number of piperazine rings is 1. The Morgan fingerprint density at radius 2 is 1.70 bits per heavy atom. The Morgan fingerprint density at radius 1 is 1.03 bits per heavy atom. The molecule has 0 saturated carbocycles. The number of nitrogens with one attached hydrogen (secondary N) is 1. The van der Waals surface area contributed by atoms with Gasteiger partial charge in [-0.25, -0.2) is 5.43 Å². The summed E-state index contributed by atoms with van der Waals surface area (Å²) in [7, 11) is 0. The molecule has 1 aliphatic heterocycles. The van der Waals surface area contributed by atoms with Crippen molar-refractivity contribution in [2.45, 2.75) is 6.54 Å². The van der Waals surface area contributed by atoms with Crippen molar-refractivity contribution in [2.75, 3.05) is 32.7 Å². The molecule has 0 aromatic heterocycles. The second-order valence-electron chi connectivity index (χ2n) is 7.03. The monoisotopic (exact) mass is 407 g/mol. The van der Waals surface area contributed by atoms with E-state index >= 15 is 0 Å². The quantitative estimate of drug-likeness (QED) is 0.413. The maximum Gasteiger partial charge on any atom is 0.276 e. The number of carbonyl (C=O) groups excluding carboxylic acids is 1. The average Bonchev–Trinajstić information content (AvgIpc) is 2.76. The molecule has 1 heterocycles. The predicted octanol–water partition coefficient (Wildman–Crippen LogP) is 2.53. The Labute approximate surface area is 175 Å². The van der Waals surface area contributed by atoms with E-state index < -0.39 is 4.92 Å². The topological polar surface area (TPSA) is 91.1 Å². The lowest BCUT2D eigenvalue weighted by Crippen LogP contribution is -2.48. The number of rotatable bonds is 8. The van der Waals surface area contributed by atoms with Crippen molar-refractivity contribution in [1.29, 1.82) is 0 Å². The largest absolute Gasteiger partial charge is 0.297 e.